The van der Waals surface area contributed by atoms with E-state index in [2.05, 4.69) is 5.32 Å². The molecule has 0 heterocycles. The van der Waals surface area contributed by atoms with Gasteiger partial charge in [0.2, 0.25) is 5.91 Å². The van der Waals surface area contributed by atoms with Gasteiger partial charge < -0.3 is 5.32 Å². The van der Waals surface area contributed by atoms with Crippen molar-refractivity contribution in [3.63, 3.8) is 0 Å². The number of carbonyl (C=O) groups is 2. The molecule has 1 atom stereocenters. The van der Waals surface area contributed by atoms with Gasteiger partial charge in [0.1, 0.15) is 0 Å². The van der Waals surface area contributed by atoms with Crippen LogP contribution in [0.15, 0.2) is 0 Å². The number of amides is 3. The van der Waals surface area contributed by atoms with E-state index >= 15 is 0 Å². The average molecular weight is 241 g/mol. The number of carbonyl (C=O) groups excluding carboxylic acids is 2. The Balaban J connectivity index is 3.95. The van der Waals surface area contributed by atoms with Gasteiger partial charge >= 0.3 is 12.2 Å². The van der Waals surface area contributed by atoms with Gasteiger partial charge in [0.15, 0.2) is 0 Å². The molecule has 0 radical (unpaired) electrons. The number of halogens is 3. The molecule has 0 saturated heterocycles. The second kappa shape index (κ2) is 6.31. The average Bonchev–Trinajstić information content (AvgIpc) is 2.13. The lowest BCUT2D eigenvalue weighted by molar-refractivity contribution is -0.131. The van der Waals surface area contributed by atoms with Crippen molar-refractivity contribution in [2.45, 2.75) is 26.1 Å². The lowest BCUT2D eigenvalue weighted by atomic mass is 10.3. The molecule has 16 heavy (non-hydrogen) atoms. The first-order chi connectivity index (χ1) is 7.26. The maximum absolute atomic E-state index is 11.8. The fourth-order valence-corrected chi connectivity index (χ4v) is 0.786. The molecule has 0 aromatic carbocycles. The molecular formula is C8H14F3N3O2. The largest absolute Gasteiger partial charge is 0.401 e. The number of alkyl halides is 3. The maximum Gasteiger partial charge on any atom is 0.401 e. The molecule has 8 heteroatoms. The van der Waals surface area contributed by atoms with E-state index in [4.69, 9.17) is 0 Å². The standard InChI is InChI=1S/C8H14F3N3O2/c1-3-12-7(16)14-6(15)5(2)13-4-8(9,10)11/h5,13H,3-4H2,1-2H3,(H2,12,14,15,16). The van der Waals surface area contributed by atoms with E-state index in [9.17, 15) is 22.8 Å². The van der Waals surface area contributed by atoms with Crippen molar-refractivity contribution >= 4 is 11.9 Å². The lowest BCUT2D eigenvalue weighted by Gasteiger charge is -2.14. The predicted octanol–water partition coefficient (Wildman–Crippen LogP) is 0.372. The van der Waals surface area contributed by atoms with Gasteiger partial charge in [-0.2, -0.15) is 13.2 Å². The summed E-state index contributed by atoms with van der Waals surface area (Å²) in [5, 5.41) is 6.13. The SMILES string of the molecule is CCNC(=O)NC(=O)C(C)NCC(F)(F)F. The van der Waals surface area contributed by atoms with Crippen molar-refractivity contribution in [2.24, 2.45) is 0 Å². The molecule has 0 rings (SSSR count). The second-order valence-corrected chi connectivity index (χ2v) is 3.07. The molecule has 3 N–H and O–H groups in total. The fraction of sp³-hybridized carbons (Fsp3) is 0.750. The number of hydrogen-bond donors (Lipinski definition) is 3. The van der Waals surface area contributed by atoms with Gasteiger partial charge in [0.25, 0.3) is 0 Å². The van der Waals surface area contributed by atoms with E-state index in [0.29, 0.717) is 6.54 Å². The molecule has 1 unspecified atom stereocenters. The van der Waals surface area contributed by atoms with E-state index in [1.807, 2.05) is 10.6 Å². The summed E-state index contributed by atoms with van der Waals surface area (Å²) in [5.41, 5.74) is 0. The molecule has 94 valence electrons. The number of hydrogen-bond acceptors (Lipinski definition) is 3. The van der Waals surface area contributed by atoms with Crippen molar-refractivity contribution in [3.05, 3.63) is 0 Å². The van der Waals surface area contributed by atoms with Crippen LogP contribution in [0.25, 0.3) is 0 Å². The summed E-state index contributed by atoms with van der Waals surface area (Å²) in [5.74, 6) is -0.810. The molecule has 0 aliphatic heterocycles. The maximum atomic E-state index is 11.8. The summed E-state index contributed by atoms with van der Waals surface area (Å²) in [6, 6.07) is -1.82. The Morgan fingerprint density at radius 2 is 1.88 bits per heavy atom. The van der Waals surface area contributed by atoms with E-state index < -0.39 is 30.7 Å². The van der Waals surface area contributed by atoms with Gasteiger partial charge in [-0.25, -0.2) is 4.79 Å². The van der Waals surface area contributed by atoms with Crippen LogP contribution in [-0.2, 0) is 4.79 Å². The predicted molar refractivity (Wildman–Crippen MR) is 50.7 cm³/mol. The first-order valence-electron chi connectivity index (χ1n) is 4.65. The first-order valence-corrected chi connectivity index (χ1v) is 4.65. The Hall–Kier alpha value is -1.31. The molecule has 0 aromatic rings. The highest BCUT2D eigenvalue weighted by Crippen LogP contribution is 2.12. The minimum Gasteiger partial charge on any atom is -0.338 e. The van der Waals surface area contributed by atoms with Crippen molar-refractivity contribution in [1.82, 2.24) is 16.0 Å². The summed E-state index contributed by atoms with van der Waals surface area (Å²) in [6.07, 6.45) is -4.39. The van der Waals surface area contributed by atoms with E-state index in [0.717, 1.165) is 0 Å². The zero-order valence-electron chi connectivity index (χ0n) is 8.94. The fourth-order valence-electron chi connectivity index (χ4n) is 0.786. The summed E-state index contributed by atoms with van der Waals surface area (Å²) in [7, 11) is 0. The molecule has 0 spiro atoms. The van der Waals surface area contributed by atoms with Crippen molar-refractivity contribution in [2.75, 3.05) is 13.1 Å². The molecule has 5 nitrogen and oxygen atoms in total. The van der Waals surface area contributed by atoms with Crippen LogP contribution >= 0.6 is 0 Å². The zero-order valence-corrected chi connectivity index (χ0v) is 8.94. The van der Waals surface area contributed by atoms with Crippen LogP contribution in [-0.4, -0.2) is 37.2 Å². The Labute approximate surface area is 90.8 Å². The van der Waals surface area contributed by atoms with Gasteiger partial charge in [-0.1, -0.05) is 0 Å². The number of nitrogens with one attached hydrogen (secondary N) is 3. The first kappa shape index (κ1) is 14.7. The Morgan fingerprint density at radius 3 is 2.31 bits per heavy atom. The zero-order chi connectivity index (χ0) is 12.8. The second-order valence-electron chi connectivity index (χ2n) is 3.07. The topological polar surface area (TPSA) is 70.2 Å². The molecular weight excluding hydrogens is 227 g/mol. The third-order valence-electron chi connectivity index (χ3n) is 1.58. The van der Waals surface area contributed by atoms with E-state index in [1.165, 1.54) is 6.92 Å². The van der Waals surface area contributed by atoms with E-state index in [-0.39, 0.29) is 0 Å². The Kier molecular flexibility index (Phi) is 5.79. The number of imide groups is 1. The molecule has 3 amide bonds. The quantitative estimate of drug-likeness (QED) is 0.666. The summed E-state index contributed by atoms with van der Waals surface area (Å²) < 4.78 is 35.4. The van der Waals surface area contributed by atoms with Gasteiger partial charge in [0, 0.05) is 6.54 Å². The highest BCUT2D eigenvalue weighted by atomic mass is 19.4. The minimum atomic E-state index is -4.39. The van der Waals surface area contributed by atoms with Gasteiger partial charge in [-0.15, -0.1) is 0 Å². The molecule has 0 aromatic heterocycles. The summed E-state index contributed by atoms with van der Waals surface area (Å²) in [6.45, 7) is 1.93. The normalized spacial score (nSPS) is 13.1. The Morgan fingerprint density at radius 1 is 1.31 bits per heavy atom. The Bertz CT molecular complexity index is 255. The van der Waals surface area contributed by atoms with Crippen molar-refractivity contribution < 1.29 is 22.8 Å². The van der Waals surface area contributed by atoms with Crippen LogP contribution in [0.5, 0.6) is 0 Å². The third-order valence-corrected chi connectivity index (χ3v) is 1.58. The van der Waals surface area contributed by atoms with E-state index in [1.54, 1.807) is 6.92 Å². The highest BCUT2D eigenvalue weighted by Gasteiger charge is 2.28. The van der Waals surface area contributed by atoms with Crippen LogP contribution in [0, 0.1) is 0 Å². The smallest absolute Gasteiger partial charge is 0.338 e. The van der Waals surface area contributed by atoms with Crippen LogP contribution in [0.3, 0.4) is 0 Å². The molecule has 0 fully saturated rings. The van der Waals surface area contributed by atoms with Crippen LogP contribution in [0.1, 0.15) is 13.8 Å². The minimum absolute atomic E-state index is 0.323. The molecule has 0 aliphatic carbocycles. The van der Waals surface area contributed by atoms with Crippen LogP contribution in [0.2, 0.25) is 0 Å². The van der Waals surface area contributed by atoms with Crippen molar-refractivity contribution in [1.29, 1.82) is 0 Å². The van der Waals surface area contributed by atoms with Gasteiger partial charge in [-0.05, 0) is 13.8 Å². The number of urea groups is 1. The molecule has 0 aliphatic rings. The van der Waals surface area contributed by atoms with Crippen LogP contribution < -0.4 is 16.0 Å². The molecule has 0 saturated carbocycles. The number of rotatable bonds is 4. The lowest BCUT2D eigenvalue weighted by Crippen LogP contribution is -2.49. The van der Waals surface area contributed by atoms with Gasteiger partial charge in [0.05, 0.1) is 12.6 Å². The van der Waals surface area contributed by atoms with Crippen molar-refractivity contribution in [3.8, 4) is 0 Å². The monoisotopic (exact) mass is 241 g/mol. The third kappa shape index (κ3) is 7.04. The van der Waals surface area contributed by atoms with Crippen LogP contribution in [0.4, 0.5) is 18.0 Å². The summed E-state index contributed by atoms with van der Waals surface area (Å²) in [4.78, 5) is 22.0. The van der Waals surface area contributed by atoms with Gasteiger partial charge in [-0.3, -0.25) is 15.4 Å². The molecule has 0 bridgehead atoms. The highest BCUT2D eigenvalue weighted by molar-refractivity contribution is 5.96. The summed E-state index contributed by atoms with van der Waals surface area (Å²) >= 11 is 0.